The van der Waals surface area contributed by atoms with Crippen molar-refractivity contribution >= 4 is 17.5 Å². The number of amides is 2. The third-order valence-electron chi connectivity index (χ3n) is 4.54. The molecule has 1 saturated carbocycles. The predicted molar refractivity (Wildman–Crippen MR) is 94.7 cm³/mol. The van der Waals surface area contributed by atoms with Gasteiger partial charge in [-0.1, -0.05) is 31.9 Å². The minimum absolute atomic E-state index is 0.253. The van der Waals surface area contributed by atoms with Crippen LogP contribution in [0, 0.1) is 5.92 Å². The summed E-state index contributed by atoms with van der Waals surface area (Å²) in [7, 11) is 0. The molecule has 2 rings (SSSR count). The van der Waals surface area contributed by atoms with Crippen molar-refractivity contribution < 1.29 is 14.7 Å². The third-order valence-corrected chi connectivity index (χ3v) is 4.54. The van der Waals surface area contributed by atoms with E-state index in [0.29, 0.717) is 18.7 Å². The largest absolute Gasteiger partial charge is 0.393 e. The topological polar surface area (TPSA) is 78.4 Å². The molecule has 5 heteroatoms. The number of aliphatic hydroxyl groups is 1. The van der Waals surface area contributed by atoms with Gasteiger partial charge in [-0.05, 0) is 55.7 Å². The minimum Gasteiger partial charge on any atom is -0.393 e. The number of carbonyl (C=O) groups is 2. The van der Waals surface area contributed by atoms with Gasteiger partial charge in [0.25, 0.3) is 0 Å². The molecule has 0 spiro atoms. The second-order valence-electron chi connectivity index (χ2n) is 6.65. The number of aryl methyl sites for hydroxylation is 1. The van der Waals surface area contributed by atoms with Crippen LogP contribution < -0.4 is 10.6 Å². The second-order valence-corrected chi connectivity index (χ2v) is 6.65. The summed E-state index contributed by atoms with van der Waals surface area (Å²) < 4.78 is 0. The molecule has 1 aromatic rings. The molecular formula is C19H28N2O3. The van der Waals surface area contributed by atoms with Gasteiger partial charge in [0.15, 0.2) is 0 Å². The first-order valence-electron chi connectivity index (χ1n) is 8.94. The lowest BCUT2D eigenvalue weighted by molar-refractivity contribution is -0.136. The monoisotopic (exact) mass is 332 g/mol. The lowest BCUT2D eigenvalue weighted by atomic mass is 9.87. The fourth-order valence-electron chi connectivity index (χ4n) is 3.09. The van der Waals surface area contributed by atoms with Crippen LogP contribution in [0.25, 0.3) is 0 Å². The summed E-state index contributed by atoms with van der Waals surface area (Å²) in [6.45, 7) is 2.60. The molecule has 5 nitrogen and oxygen atoms in total. The number of hydrogen-bond donors (Lipinski definition) is 3. The summed E-state index contributed by atoms with van der Waals surface area (Å²) in [4.78, 5) is 23.8. The highest BCUT2D eigenvalue weighted by atomic mass is 16.3. The van der Waals surface area contributed by atoms with Crippen LogP contribution in [-0.4, -0.2) is 29.6 Å². The highest BCUT2D eigenvalue weighted by molar-refractivity contribution is 6.39. The molecule has 24 heavy (non-hydrogen) atoms. The van der Waals surface area contributed by atoms with Crippen molar-refractivity contribution in [1.29, 1.82) is 0 Å². The van der Waals surface area contributed by atoms with Gasteiger partial charge in [0.2, 0.25) is 0 Å². The first-order chi connectivity index (χ1) is 11.6. The molecule has 2 unspecified atom stereocenters. The fraction of sp³-hybridized carbons (Fsp3) is 0.579. The van der Waals surface area contributed by atoms with E-state index in [1.165, 1.54) is 5.56 Å². The number of rotatable bonds is 6. The third kappa shape index (κ3) is 5.96. The summed E-state index contributed by atoms with van der Waals surface area (Å²) in [5, 5.41) is 14.9. The van der Waals surface area contributed by atoms with Crippen molar-refractivity contribution in [3.63, 3.8) is 0 Å². The number of nitrogens with one attached hydrogen (secondary N) is 2. The summed E-state index contributed by atoms with van der Waals surface area (Å²) >= 11 is 0. The Kier molecular flexibility index (Phi) is 7.25. The van der Waals surface area contributed by atoms with Gasteiger partial charge in [0.1, 0.15) is 0 Å². The highest BCUT2D eigenvalue weighted by Gasteiger charge is 2.22. The van der Waals surface area contributed by atoms with Crippen LogP contribution in [-0.2, 0) is 16.0 Å². The van der Waals surface area contributed by atoms with E-state index < -0.39 is 11.8 Å². The zero-order valence-electron chi connectivity index (χ0n) is 14.4. The molecule has 1 aliphatic carbocycles. The molecule has 0 bridgehead atoms. The van der Waals surface area contributed by atoms with Crippen molar-refractivity contribution in [3.8, 4) is 0 Å². The van der Waals surface area contributed by atoms with Gasteiger partial charge in [-0.15, -0.1) is 0 Å². The van der Waals surface area contributed by atoms with Gasteiger partial charge in [-0.25, -0.2) is 0 Å². The summed E-state index contributed by atoms with van der Waals surface area (Å²) in [6.07, 6.45) is 6.52. The first kappa shape index (κ1) is 18.5. The van der Waals surface area contributed by atoms with Crippen LogP contribution in [0.15, 0.2) is 24.3 Å². The number of anilines is 1. The maximum absolute atomic E-state index is 11.9. The van der Waals surface area contributed by atoms with Crippen LogP contribution >= 0.6 is 0 Å². The van der Waals surface area contributed by atoms with Gasteiger partial charge >= 0.3 is 11.8 Å². The van der Waals surface area contributed by atoms with Gasteiger partial charge in [0.05, 0.1) is 6.10 Å². The van der Waals surface area contributed by atoms with E-state index in [2.05, 4.69) is 17.6 Å². The van der Waals surface area contributed by atoms with Crippen LogP contribution in [0.2, 0.25) is 0 Å². The van der Waals surface area contributed by atoms with Crippen LogP contribution in [0.5, 0.6) is 0 Å². The molecule has 2 atom stereocenters. The van der Waals surface area contributed by atoms with Crippen molar-refractivity contribution in [2.45, 2.75) is 58.0 Å². The van der Waals surface area contributed by atoms with E-state index >= 15 is 0 Å². The minimum atomic E-state index is -0.646. The van der Waals surface area contributed by atoms with Crippen LogP contribution in [0.4, 0.5) is 5.69 Å². The zero-order valence-corrected chi connectivity index (χ0v) is 14.4. The van der Waals surface area contributed by atoms with E-state index in [1.807, 2.05) is 24.3 Å². The number of carbonyl (C=O) groups excluding carboxylic acids is 2. The highest BCUT2D eigenvalue weighted by Crippen LogP contribution is 2.23. The molecule has 1 fully saturated rings. The normalized spacial score (nSPS) is 20.4. The van der Waals surface area contributed by atoms with Gasteiger partial charge < -0.3 is 15.7 Å². The van der Waals surface area contributed by atoms with Crippen molar-refractivity contribution in [1.82, 2.24) is 5.32 Å². The molecule has 2 amide bonds. The van der Waals surface area contributed by atoms with Crippen LogP contribution in [0.3, 0.4) is 0 Å². The maximum Gasteiger partial charge on any atom is 0.313 e. The number of benzene rings is 1. The van der Waals surface area contributed by atoms with Crippen molar-refractivity contribution in [2.24, 2.45) is 5.92 Å². The Morgan fingerprint density at radius 3 is 2.58 bits per heavy atom. The summed E-state index contributed by atoms with van der Waals surface area (Å²) in [5.41, 5.74) is 1.86. The second kappa shape index (κ2) is 9.42. The number of aliphatic hydroxyl groups excluding tert-OH is 1. The Bertz CT molecular complexity index is 542. The SMILES string of the molecule is CCCCc1ccc(NC(=O)C(=O)NCC2CCCC(O)C2)cc1. The lowest BCUT2D eigenvalue weighted by Gasteiger charge is -2.25. The Labute approximate surface area is 143 Å². The molecule has 0 aliphatic heterocycles. The molecule has 1 aromatic carbocycles. The van der Waals surface area contributed by atoms with Gasteiger partial charge in [-0.3, -0.25) is 9.59 Å². The molecule has 0 saturated heterocycles. The van der Waals surface area contributed by atoms with Crippen molar-refractivity contribution in [3.05, 3.63) is 29.8 Å². The van der Waals surface area contributed by atoms with Gasteiger partial charge in [-0.2, -0.15) is 0 Å². The number of unbranched alkanes of at least 4 members (excludes halogenated alkanes) is 1. The zero-order chi connectivity index (χ0) is 17.4. The van der Waals surface area contributed by atoms with E-state index in [4.69, 9.17) is 0 Å². The first-order valence-corrected chi connectivity index (χ1v) is 8.94. The summed E-state index contributed by atoms with van der Waals surface area (Å²) in [5.74, 6) is -1.01. The molecule has 0 aromatic heterocycles. The van der Waals surface area contributed by atoms with E-state index in [9.17, 15) is 14.7 Å². The maximum atomic E-state index is 11.9. The predicted octanol–water partition coefficient (Wildman–Crippen LogP) is 2.64. The molecule has 3 N–H and O–H groups in total. The number of hydrogen-bond acceptors (Lipinski definition) is 3. The molecular weight excluding hydrogens is 304 g/mol. The quantitative estimate of drug-likeness (QED) is 0.701. The molecule has 0 radical (unpaired) electrons. The van der Waals surface area contributed by atoms with Crippen molar-refractivity contribution in [2.75, 3.05) is 11.9 Å². The van der Waals surface area contributed by atoms with Crippen LogP contribution in [0.1, 0.15) is 51.0 Å². The standard InChI is InChI=1S/C19H28N2O3/c1-2-3-5-14-8-10-16(11-9-14)21-19(24)18(23)20-13-15-6-4-7-17(22)12-15/h8-11,15,17,22H,2-7,12-13H2,1H3,(H,20,23)(H,21,24). The van der Waals surface area contributed by atoms with E-state index in [0.717, 1.165) is 38.5 Å². The molecule has 0 heterocycles. The van der Waals surface area contributed by atoms with E-state index in [1.54, 1.807) is 0 Å². The average Bonchev–Trinajstić information content (AvgIpc) is 2.59. The Balaban J connectivity index is 1.75. The van der Waals surface area contributed by atoms with E-state index in [-0.39, 0.29) is 12.0 Å². The van der Waals surface area contributed by atoms with Gasteiger partial charge in [0, 0.05) is 12.2 Å². The molecule has 132 valence electrons. The Hall–Kier alpha value is -1.88. The summed E-state index contributed by atoms with van der Waals surface area (Å²) in [6, 6.07) is 7.61. The lowest BCUT2D eigenvalue weighted by Crippen LogP contribution is -2.39. The molecule has 1 aliphatic rings. The fourth-order valence-corrected chi connectivity index (χ4v) is 3.09. The average molecular weight is 332 g/mol. The smallest absolute Gasteiger partial charge is 0.313 e. The Morgan fingerprint density at radius 2 is 1.92 bits per heavy atom. The Morgan fingerprint density at radius 1 is 1.17 bits per heavy atom.